The molecule has 0 N–H and O–H groups in total. The van der Waals surface area contributed by atoms with Crippen molar-refractivity contribution in [3.8, 4) is 0 Å². The Labute approximate surface area is 163 Å². The number of rotatable bonds is 3. The standard InChI is InChI=1S/C21H20N.Y/c1-17(2)18-13-15-21(16-14-18)22(19-9-5-3-6-10-19)20-11-7-4-8-12-20;/h3-11,13-17H,1-2H3;/q-1;. The van der Waals surface area contributed by atoms with Crippen LogP contribution in [0.2, 0.25) is 0 Å². The molecule has 0 atom stereocenters. The topological polar surface area (TPSA) is 3.01 Å². The smallest absolute Gasteiger partial charge is 0.200 e. The molecule has 0 aromatic heterocycles. The van der Waals surface area contributed by atoms with Gasteiger partial charge in [0.25, 0.3) is 0 Å². The van der Waals surface area contributed by atoms with E-state index in [4.69, 9.17) is 0 Å². The first-order chi connectivity index (χ1) is 10.8. The Hall–Kier alpha value is -1.44. The summed E-state index contributed by atoms with van der Waals surface area (Å²) >= 11 is 0. The van der Waals surface area contributed by atoms with Crippen molar-refractivity contribution in [2.24, 2.45) is 0 Å². The van der Waals surface area contributed by atoms with E-state index in [9.17, 15) is 0 Å². The molecule has 113 valence electrons. The molecule has 0 amide bonds. The molecule has 3 rings (SSSR count). The van der Waals surface area contributed by atoms with Gasteiger partial charge in [0.05, 0.1) is 5.69 Å². The summed E-state index contributed by atoms with van der Waals surface area (Å²) in [6, 6.07) is 30.6. The number of hydrogen-bond acceptors (Lipinski definition) is 0. The van der Waals surface area contributed by atoms with Crippen LogP contribution in [0, 0.1) is 6.07 Å². The van der Waals surface area contributed by atoms with E-state index in [1.165, 1.54) is 5.56 Å². The maximum absolute atomic E-state index is 3.33. The van der Waals surface area contributed by atoms with E-state index >= 15 is 0 Å². The van der Waals surface area contributed by atoms with E-state index in [1.54, 1.807) is 0 Å². The molecule has 0 fully saturated rings. The number of hydrogen-bond donors (Lipinski definition) is 0. The van der Waals surface area contributed by atoms with Crippen molar-refractivity contribution < 1.29 is 32.7 Å². The zero-order chi connectivity index (χ0) is 15.4. The Bertz CT molecular complexity index is 782. The first kappa shape index (κ1) is 17.9. The largest absolute Gasteiger partial charge is 0.207 e. The van der Waals surface area contributed by atoms with Crippen LogP contribution in [0.1, 0.15) is 25.3 Å². The zero-order valence-corrected chi connectivity index (χ0v) is 16.4. The van der Waals surface area contributed by atoms with Crippen LogP contribution in [0.4, 0.5) is 11.4 Å². The van der Waals surface area contributed by atoms with E-state index in [0.29, 0.717) is 5.92 Å². The molecule has 0 heterocycles. The van der Waals surface area contributed by atoms with Crippen LogP contribution < -0.4 is 9.93 Å². The van der Waals surface area contributed by atoms with Gasteiger partial charge in [-0.1, -0.05) is 38.1 Å². The van der Waals surface area contributed by atoms with Crippen molar-refractivity contribution in [2.75, 3.05) is 0 Å². The van der Waals surface area contributed by atoms with Gasteiger partial charge in [-0.15, -0.1) is 12.1 Å². The summed E-state index contributed by atoms with van der Waals surface area (Å²) in [6.07, 6.45) is 0. The molecule has 0 saturated heterocycles. The summed E-state index contributed by atoms with van der Waals surface area (Å²) in [5.41, 5.74) is 3.55. The zero-order valence-electron chi connectivity index (χ0n) is 13.6. The summed E-state index contributed by atoms with van der Waals surface area (Å²) in [6.45, 7) is 4.43. The second-order valence-electron chi connectivity index (χ2n) is 5.67. The van der Waals surface area contributed by atoms with Crippen LogP contribution in [0.25, 0.3) is 0 Å². The Morgan fingerprint density at radius 1 is 0.913 bits per heavy atom. The van der Waals surface area contributed by atoms with Crippen molar-refractivity contribution in [1.29, 1.82) is 0 Å². The molecule has 0 spiro atoms. The summed E-state index contributed by atoms with van der Waals surface area (Å²) < 4.78 is 2.23. The fraction of sp³-hybridized carbons (Fsp3) is 0.143. The monoisotopic (exact) mass is 375 g/mol. The number of para-hydroxylation sites is 2. The number of nitrogens with zero attached hydrogens (tertiary/aromatic N) is 1. The predicted molar refractivity (Wildman–Crippen MR) is 92.4 cm³/mol. The SMILES string of the molecule is CC(C)c1ccc([N+](c2[c-]cccc2)=c2cccc[cH-]2)cc1.[Y]. The summed E-state index contributed by atoms with van der Waals surface area (Å²) in [7, 11) is 0. The van der Waals surface area contributed by atoms with Gasteiger partial charge in [0.15, 0.2) is 0 Å². The van der Waals surface area contributed by atoms with Crippen molar-refractivity contribution in [3.63, 3.8) is 0 Å². The van der Waals surface area contributed by atoms with E-state index in [0.717, 1.165) is 16.7 Å². The molecule has 3 aromatic rings. The van der Waals surface area contributed by atoms with Crippen LogP contribution in [0.15, 0.2) is 78.9 Å². The molecule has 0 aliphatic rings. The molecular formula is C21H20NY-. The fourth-order valence-corrected chi connectivity index (χ4v) is 2.54. The molecule has 1 nitrogen and oxygen atoms in total. The third-order valence-electron chi connectivity index (χ3n) is 3.77. The predicted octanol–water partition coefficient (Wildman–Crippen LogP) is 4.76. The maximum Gasteiger partial charge on any atom is 0.207 e. The van der Waals surface area contributed by atoms with Gasteiger partial charge in [-0.2, -0.15) is 41.0 Å². The summed E-state index contributed by atoms with van der Waals surface area (Å²) in [5.74, 6) is 0.544. The Kier molecular flexibility index (Phi) is 6.56. The Balaban J connectivity index is 0.00000192. The van der Waals surface area contributed by atoms with Gasteiger partial charge >= 0.3 is 0 Å². The molecule has 0 saturated carbocycles. The third-order valence-corrected chi connectivity index (χ3v) is 3.77. The van der Waals surface area contributed by atoms with E-state index < -0.39 is 0 Å². The van der Waals surface area contributed by atoms with Gasteiger partial charge in [0.1, 0.15) is 5.36 Å². The summed E-state index contributed by atoms with van der Waals surface area (Å²) in [5, 5.41) is 1.14. The van der Waals surface area contributed by atoms with Crippen molar-refractivity contribution >= 4 is 11.4 Å². The average Bonchev–Trinajstić information content (AvgIpc) is 2.57. The van der Waals surface area contributed by atoms with Gasteiger partial charge in [-0.3, -0.25) is 0 Å². The van der Waals surface area contributed by atoms with E-state index in [2.05, 4.69) is 79.1 Å². The van der Waals surface area contributed by atoms with Gasteiger partial charge in [-0.05, 0) is 11.5 Å². The fourth-order valence-electron chi connectivity index (χ4n) is 2.54. The third kappa shape index (κ3) is 4.31. The minimum Gasteiger partial charge on any atom is -0.200 e. The maximum atomic E-state index is 3.33. The van der Waals surface area contributed by atoms with E-state index in [-0.39, 0.29) is 32.7 Å². The molecule has 0 bridgehead atoms. The average molecular weight is 375 g/mol. The van der Waals surface area contributed by atoms with Crippen LogP contribution in [-0.4, -0.2) is 0 Å². The van der Waals surface area contributed by atoms with Gasteiger partial charge in [0.2, 0.25) is 5.69 Å². The molecule has 0 aliphatic heterocycles. The van der Waals surface area contributed by atoms with Gasteiger partial charge in [0, 0.05) is 44.8 Å². The van der Waals surface area contributed by atoms with Crippen molar-refractivity contribution in [3.05, 3.63) is 95.8 Å². The minimum atomic E-state index is 0. The molecule has 0 unspecified atom stereocenters. The minimum absolute atomic E-state index is 0. The molecule has 0 aliphatic carbocycles. The van der Waals surface area contributed by atoms with E-state index in [1.807, 2.05) is 24.3 Å². The first-order valence-electron chi connectivity index (χ1n) is 7.67. The summed E-state index contributed by atoms with van der Waals surface area (Å²) in [4.78, 5) is 0. The normalized spacial score (nSPS) is 10.2. The molecule has 2 heteroatoms. The van der Waals surface area contributed by atoms with Crippen LogP contribution >= 0.6 is 0 Å². The van der Waals surface area contributed by atoms with Crippen LogP contribution in [-0.2, 0) is 32.7 Å². The molecule has 3 aromatic carbocycles. The second kappa shape index (κ2) is 8.43. The second-order valence-corrected chi connectivity index (χ2v) is 5.67. The van der Waals surface area contributed by atoms with Gasteiger partial charge in [-0.25, -0.2) is 0 Å². The van der Waals surface area contributed by atoms with Crippen LogP contribution in [0.5, 0.6) is 0 Å². The first-order valence-corrected chi connectivity index (χ1v) is 7.67. The molecule has 1 radical (unpaired) electrons. The van der Waals surface area contributed by atoms with Crippen molar-refractivity contribution in [1.82, 2.24) is 4.58 Å². The van der Waals surface area contributed by atoms with Crippen molar-refractivity contribution in [2.45, 2.75) is 19.8 Å². The van der Waals surface area contributed by atoms with Gasteiger partial charge < -0.3 is 0 Å². The molecule has 23 heavy (non-hydrogen) atoms. The Morgan fingerprint density at radius 2 is 1.65 bits per heavy atom. The molecular weight excluding hydrogens is 355 g/mol. The number of benzene rings is 3. The quantitative estimate of drug-likeness (QED) is 0.459. The van der Waals surface area contributed by atoms with Crippen LogP contribution in [0.3, 0.4) is 0 Å². The Morgan fingerprint density at radius 3 is 2.22 bits per heavy atom.